The molecular weight excluding hydrogens is 386 g/mol. The molecule has 10 heteroatoms. The highest BCUT2D eigenvalue weighted by atomic mass is 35.5. The molecule has 1 heterocycles. The second-order valence-corrected chi connectivity index (χ2v) is 5.61. The number of carbonyl (C=O) groups is 1. The lowest BCUT2D eigenvalue weighted by Crippen LogP contribution is -2.06. The van der Waals surface area contributed by atoms with Crippen molar-refractivity contribution in [2.75, 3.05) is 0 Å². The van der Waals surface area contributed by atoms with Gasteiger partial charge in [-0.1, -0.05) is 23.7 Å². The van der Waals surface area contributed by atoms with Crippen LogP contribution < -0.4 is 4.74 Å². The summed E-state index contributed by atoms with van der Waals surface area (Å²) < 4.78 is 33.6. The average Bonchev–Trinajstić information content (AvgIpc) is 2.97. The van der Waals surface area contributed by atoms with E-state index in [4.69, 9.17) is 16.3 Å². The molecule has 0 N–H and O–H groups in total. The second kappa shape index (κ2) is 7.50. The van der Waals surface area contributed by atoms with Crippen LogP contribution in [0, 0.1) is 10.1 Å². The molecule has 0 aliphatic carbocycles. The quantitative estimate of drug-likeness (QED) is 0.328. The predicted molar refractivity (Wildman–Crippen MR) is 91.8 cm³/mol. The zero-order valence-corrected chi connectivity index (χ0v) is 14.0. The molecule has 0 unspecified atom stereocenters. The van der Waals surface area contributed by atoms with E-state index in [-0.39, 0.29) is 33.6 Å². The number of carbonyl (C=O) groups excluding carboxylic acids is 1. The first-order chi connectivity index (χ1) is 12.8. The minimum absolute atomic E-state index is 0.0289. The molecule has 7 nitrogen and oxygen atoms in total. The molecule has 0 radical (unpaired) electrons. The van der Waals surface area contributed by atoms with Crippen LogP contribution in [0.2, 0.25) is 5.02 Å². The summed E-state index contributed by atoms with van der Waals surface area (Å²) in [6, 6.07) is 9.42. The van der Waals surface area contributed by atoms with Gasteiger partial charge in [-0.25, -0.2) is 9.79 Å². The lowest BCUT2D eigenvalue weighted by Gasteiger charge is -2.03. The van der Waals surface area contributed by atoms with E-state index < -0.39 is 17.5 Å². The maximum Gasteiger partial charge on any atom is 0.387 e. The molecule has 3 rings (SSSR count). The highest BCUT2D eigenvalue weighted by Gasteiger charge is 2.26. The molecule has 0 atom stereocenters. The minimum Gasteiger partial charge on any atom is -0.435 e. The first-order valence-corrected chi connectivity index (χ1v) is 7.73. The maximum atomic E-state index is 12.1. The Hall–Kier alpha value is -3.33. The fourth-order valence-corrected chi connectivity index (χ4v) is 2.41. The van der Waals surface area contributed by atoms with Crippen LogP contribution in [0.5, 0.6) is 5.75 Å². The number of cyclic esters (lactones) is 1. The van der Waals surface area contributed by atoms with Crippen LogP contribution in [0.25, 0.3) is 6.08 Å². The Kier molecular flexibility index (Phi) is 5.13. The third-order valence-electron chi connectivity index (χ3n) is 3.42. The minimum atomic E-state index is -2.94. The molecule has 138 valence electrons. The van der Waals surface area contributed by atoms with E-state index >= 15 is 0 Å². The lowest BCUT2D eigenvalue weighted by atomic mass is 10.2. The van der Waals surface area contributed by atoms with E-state index in [9.17, 15) is 23.7 Å². The van der Waals surface area contributed by atoms with Crippen molar-refractivity contribution < 1.29 is 28.0 Å². The maximum absolute atomic E-state index is 12.1. The Morgan fingerprint density at radius 2 is 1.93 bits per heavy atom. The van der Waals surface area contributed by atoms with Crippen molar-refractivity contribution in [1.29, 1.82) is 0 Å². The molecule has 2 aromatic carbocycles. The van der Waals surface area contributed by atoms with Gasteiger partial charge in [0.2, 0.25) is 5.90 Å². The van der Waals surface area contributed by atoms with E-state index in [1.54, 1.807) is 0 Å². The molecule has 1 aliphatic rings. The monoisotopic (exact) mass is 394 g/mol. The number of rotatable bonds is 5. The van der Waals surface area contributed by atoms with Crippen molar-refractivity contribution in [3.05, 3.63) is 74.4 Å². The molecule has 0 saturated heterocycles. The van der Waals surface area contributed by atoms with Crippen molar-refractivity contribution in [2.45, 2.75) is 6.61 Å². The standard InChI is InChI=1S/C17H9ClF2N2O5/c18-12-6-3-10(8-14(12)22(24)25)15-21-13(16(23)27-15)7-9-1-4-11(5-2-9)26-17(19)20/h1-8,17H/b13-7-. The van der Waals surface area contributed by atoms with Gasteiger partial charge in [0.25, 0.3) is 5.69 Å². The van der Waals surface area contributed by atoms with Crippen molar-refractivity contribution in [3.8, 4) is 5.75 Å². The fraction of sp³-hybridized carbons (Fsp3) is 0.0588. The summed E-state index contributed by atoms with van der Waals surface area (Å²) in [5, 5.41) is 10.9. The molecule has 0 fully saturated rings. The van der Waals surface area contributed by atoms with Gasteiger partial charge in [0, 0.05) is 11.6 Å². The number of hydrogen-bond donors (Lipinski definition) is 0. The van der Waals surface area contributed by atoms with Crippen LogP contribution in [0.1, 0.15) is 11.1 Å². The summed E-state index contributed by atoms with van der Waals surface area (Å²) in [4.78, 5) is 26.3. The van der Waals surface area contributed by atoms with Crippen molar-refractivity contribution in [1.82, 2.24) is 0 Å². The van der Waals surface area contributed by atoms with Crippen LogP contribution >= 0.6 is 11.6 Å². The smallest absolute Gasteiger partial charge is 0.387 e. The zero-order chi connectivity index (χ0) is 19.6. The number of esters is 1. The van der Waals surface area contributed by atoms with Crippen molar-refractivity contribution in [3.63, 3.8) is 0 Å². The number of hydrogen-bond acceptors (Lipinski definition) is 6. The third-order valence-corrected chi connectivity index (χ3v) is 3.74. The van der Waals surface area contributed by atoms with Gasteiger partial charge in [-0.05, 0) is 35.9 Å². The Morgan fingerprint density at radius 1 is 1.22 bits per heavy atom. The molecular formula is C17H9ClF2N2O5. The second-order valence-electron chi connectivity index (χ2n) is 5.21. The van der Waals surface area contributed by atoms with Gasteiger partial charge >= 0.3 is 12.6 Å². The number of aliphatic imine (C=N–C) groups is 1. The number of nitro groups is 1. The predicted octanol–water partition coefficient (Wildman–Crippen LogP) is 4.19. The number of nitro benzene ring substituents is 1. The fourth-order valence-electron chi connectivity index (χ4n) is 2.22. The van der Waals surface area contributed by atoms with E-state index in [0.717, 1.165) is 6.07 Å². The van der Waals surface area contributed by atoms with Crippen LogP contribution in [-0.2, 0) is 9.53 Å². The zero-order valence-electron chi connectivity index (χ0n) is 13.3. The van der Waals surface area contributed by atoms with Gasteiger partial charge < -0.3 is 9.47 Å². The average molecular weight is 395 g/mol. The SMILES string of the molecule is O=C1OC(c2ccc(Cl)c([N+](=O)[O-])c2)=N/C1=C\c1ccc(OC(F)F)cc1. The number of ether oxygens (including phenoxy) is 2. The summed E-state index contributed by atoms with van der Waals surface area (Å²) in [7, 11) is 0. The Bertz CT molecular complexity index is 974. The summed E-state index contributed by atoms with van der Waals surface area (Å²) in [6.45, 7) is -2.94. The van der Waals surface area contributed by atoms with Gasteiger partial charge in [-0.15, -0.1) is 0 Å². The van der Waals surface area contributed by atoms with Gasteiger partial charge in [0.1, 0.15) is 10.8 Å². The Morgan fingerprint density at radius 3 is 2.56 bits per heavy atom. The molecule has 0 bridgehead atoms. The highest BCUT2D eigenvalue weighted by Crippen LogP contribution is 2.27. The van der Waals surface area contributed by atoms with E-state index in [1.807, 2.05) is 0 Å². The molecule has 27 heavy (non-hydrogen) atoms. The highest BCUT2D eigenvalue weighted by molar-refractivity contribution is 6.32. The van der Waals surface area contributed by atoms with Gasteiger partial charge in [-0.2, -0.15) is 8.78 Å². The first-order valence-electron chi connectivity index (χ1n) is 7.35. The summed E-state index contributed by atoms with van der Waals surface area (Å²) in [6.07, 6.45) is 1.38. The first kappa shape index (κ1) is 18.5. The van der Waals surface area contributed by atoms with Crippen LogP contribution in [0.3, 0.4) is 0 Å². The van der Waals surface area contributed by atoms with Crippen molar-refractivity contribution in [2.24, 2.45) is 4.99 Å². The van der Waals surface area contributed by atoms with Gasteiger partial charge in [0.15, 0.2) is 5.70 Å². The van der Waals surface area contributed by atoms with E-state index in [0.29, 0.717) is 5.56 Å². The Balaban J connectivity index is 1.87. The molecule has 0 saturated carbocycles. The molecule has 0 spiro atoms. The van der Waals surface area contributed by atoms with Crippen LogP contribution in [-0.4, -0.2) is 23.4 Å². The summed E-state index contributed by atoms with van der Waals surface area (Å²) in [5.41, 5.74) is 0.310. The molecule has 2 aromatic rings. The number of benzene rings is 2. The number of nitrogens with zero attached hydrogens (tertiary/aromatic N) is 2. The third kappa shape index (κ3) is 4.26. The molecule has 1 aliphatic heterocycles. The summed E-state index contributed by atoms with van der Waals surface area (Å²) >= 11 is 5.75. The van der Waals surface area contributed by atoms with Crippen LogP contribution in [0.4, 0.5) is 14.5 Å². The Labute approximate surface area is 155 Å². The van der Waals surface area contributed by atoms with E-state index in [2.05, 4.69) is 9.73 Å². The number of alkyl halides is 2. The van der Waals surface area contributed by atoms with Crippen molar-refractivity contribution >= 4 is 35.2 Å². The lowest BCUT2D eigenvalue weighted by molar-refractivity contribution is -0.384. The van der Waals surface area contributed by atoms with E-state index in [1.165, 1.54) is 42.5 Å². The topological polar surface area (TPSA) is 91.0 Å². The van der Waals surface area contributed by atoms with Gasteiger partial charge in [-0.3, -0.25) is 10.1 Å². The van der Waals surface area contributed by atoms with Crippen LogP contribution in [0.15, 0.2) is 53.2 Å². The largest absolute Gasteiger partial charge is 0.435 e. The normalized spacial score (nSPS) is 15.0. The molecule has 0 amide bonds. The molecule has 0 aromatic heterocycles. The van der Waals surface area contributed by atoms with Gasteiger partial charge in [0.05, 0.1) is 4.92 Å². The number of halogens is 3. The summed E-state index contributed by atoms with van der Waals surface area (Å²) in [5.74, 6) is -0.891.